The highest BCUT2D eigenvalue weighted by Gasteiger charge is 2.26. The van der Waals surface area contributed by atoms with Crippen LogP contribution < -0.4 is 5.32 Å². The molecule has 1 fully saturated rings. The third-order valence-electron chi connectivity index (χ3n) is 4.05. The Labute approximate surface area is 133 Å². The summed E-state index contributed by atoms with van der Waals surface area (Å²) >= 11 is 0. The van der Waals surface area contributed by atoms with Gasteiger partial charge in [0.05, 0.1) is 6.54 Å². The van der Waals surface area contributed by atoms with Crippen molar-refractivity contribution in [3.05, 3.63) is 35.4 Å². The number of amides is 1. The summed E-state index contributed by atoms with van der Waals surface area (Å²) in [5, 5.41) is 10.9. The number of carboxylic acid groups (broad SMARTS) is 1. The Morgan fingerprint density at radius 1 is 1.22 bits per heavy atom. The summed E-state index contributed by atoms with van der Waals surface area (Å²) in [6, 6.07) is 3.75. The van der Waals surface area contributed by atoms with E-state index in [9.17, 15) is 18.4 Å². The third kappa shape index (κ3) is 4.99. The third-order valence-corrected chi connectivity index (χ3v) is 4.05. The van der Waals surface area contributed by atoms with E-state index in [-0.39, 0.29) is 24.7 Å². The number of rotatable bonds is 7. The zero-order chi connectivity index (χ0) is 16.8. The number of aliphatic carboxylic acids is 1. The molecule has 23 heavy (non-hydrogen) atoms. The lowest BCUT2D eigenvalue weighted by atomic mass is 10.1. The highest BCUT2D eigenvalue weighted by molar-refractivity contribution is 5.82. The number of nitrogens with zero attached hydrogens (tertiary/aromatic N) is 1. The van der Waals surface area contributed by atoms with Crippen molar-refractivity contribution in [2.24, 2.45) is 0 Å². The van der Waals surface area contributed by atoms with Crippen LogP contribution >= 0.6 is 0 Å². The number of hydrogen-bond acceptors (Lipinski definition) is 3. The van der Waals surface area contributed by atoms with Crippen LogP contribution in [0.15, 0.2) is 18.2 Å². The average Bonchev–Trinajstić information content (AvgIpc) is 3.02. The number of benzene rings is 1. The molecule has 5 nitrogen and oxygen atoms in total. The van der Waals surface area contributed by atoms with Crippen LogP contribution in [-0.4, -0.2) is 41.0 Å². The van der Waals surface area contributed by atoms with Crippen LogP contribution in [0.25, 0.3) is 0 Å². The maximum atomic E-state index is 13.8. The SMILES string of the molecule is O=C(O)CNC(=O)CN(Cc1c(F)cccc1F)C1CCCC1. The van der Waals surface area contributed by atoms with Gasteiger partial charge in [-0.2, -0.15) is 0 Å². The van der Waals surface area contributed by atoms with E-state index < -0.39 is 30.1 Å². The first kappa shape index (κ1) is 17.3. The molecule has 0 aromatic heterocycles. The van der Waals surface area contributed by atoms with E-state index in [1.165, 1.54) is 18.2 Å². The summed E-state index contributed by atoms with van der Waals surface area (Å²) in [6.07, 6.45) is 3.75. The van der Waals surface area contributed by atoms with Crippen molar-refractivity contribution in [3.63, 3.8) is 0 Å². The molecular weight excluding hydrogens is 306 g/mol. The van der Waals surface area contributed by atoms with Crippen molar-refractivity contribution in [2.75, 3.05) is 13.1 Å². The van der Waals surface area contributed by atoms with Crippen LogP contribution in [0, 0.1) is 11.6 Å². The molecule has 0 radical (unpaired) electrons. The maximum Gasteiger partial charge on any atom is 0.322 e. The number of halogens is 2. The van der Waals surface area contributed by atoms with Crippen LogP contribution in [-0.2, 0) is 16.1 Å². The van der Waals surface area contributed by atoms with Gasteiger partial charge in [-0.05, 0) is 25.0 Å². The van der Waals surface area contributed by atoms with Gasteiger partial charge in [-0.15, -0.1) is 0 Å². The molecule has 2 rings (SSSR count). The molecule has 0 atom stereocenters. The van der Waals surface area contributed by atoms with Gasteiger partial charge in [0.25, 0.3) is 0 Å². The topological polar surface area (TPSA) is 69.6 Å². The lowest BCUT2D eigenvalue weighted by Gasteiger charge is -2.28. The van der Waals surface area contributed by atoms with Gasteiger partial charge in [-0.25, -0.2) is 8.78 Å². The van der Waals surface area contributed by atoms with Crippen molar-refractivity contribution in [1.82, 2.24) is 10.2 Å². The Kier molecular flexibility index (Phi) is 6.04. The lowest BCUT2D eigenvalue weighted by molar-refractivity contribution is -0.138. The van der Waals surface area contributed by atoms with Gasteiger partial charge in [0.2, 0.25) is 5.91 Å². The fourth-order valence-corrected chi connectivity index (χ4v) is 2.88. The molecule has 2 N–H and O–H groups in total. The summed E-state index contributed by atoms with van der Waals surface area (Å²) in [6.45, 7) is -0.555. The van der Waals surface area contributed by atoms with Crippen LogP contribution in [0.3, 0.4) is 0 Å². The summed E-state index contributed by atoms with van der Waals surface area (Å²) in [4.78, 5) is 24.1. The van der Waals surface area contributed by atoms with Gasteiger partial charge in [-0.3, -0.25) is 14.5 Å². The minimum absolute atomic E-state index is 0.0103. The standard InChI is InChI=1S/C16H20F2N2O3/c17-13-6-3-7-14(18)12(13)9-20(11-4-1-2-5-11)10-15(21)19-8-16(22)23/h3,6-7,11H,1-2,4-5,8-10H2,(H,19,21)(H,22,23). The first-order valence-electron chi connectivity index (χ1n) is 7.63. The Balaban J connectivity index is 2.08. The average molecular weight is 326 g/mol. The molecule has 0 aliphatic heterocycles. The second kappa shape index (κ2) is 8.01. The maximum absolute atomic E-state index is 13.8. The second-order valence-electron chi connectivity index (χ2n) is 5.71. The molecule has 1 aromatic rings. The number of carboxylic acids is 1. The molecule has 0 unspecified atom stereocenters. The fourth-order valence-electron chi connectivity index (χ4n) is 2.88. The molecule has 1 saturated carbocycles. The summed E-state index contributed by atoms with van der Waals surface area (Å²) in [5.41, 5.74) is -0.0644. The van der Waals surface area contributed by atoms with Gasteiger partial charge in [0, 0.05) is 18.2 Å². The minimum Gasteiger partial charge on any atom is -0.480 e. The van der Waals surface area contributed by atoms with Crippen molar-refractivity contribution in [1.29, 1.82) is 0 Å². The van der Waals surface area contributed by atoms with Gasteiger partial charge in [-0.1, -0.05) is 18.9 Å². The van der Waals surface area contributed by atoms with E-state index >= 15 is 0 Å². The zero-order valence-electron chi connectivity index (χ0n) is 12.7. The first-order valence-corrected chi connectivity index (χ1v) is 7.63. The Morgan fingerprint density at radius 2 is 1.83 bits per heavy atom. The second-order valence-corrected chi connectivity index (χ2v) is 5.71. The molecule has 1 aliphatic carbocycles. The van der Waals surface area contributed by atoms with Crippen LogP contribution in [0.2, 0.25) is 0 Å². The van der Waals surface area contributed by atoms with E-state index in [0.29, 0.717) is 0 Å². The molecule has 0 heterocycles. The molecule has 1 aliphatic rings. The number of carbonyl (C=O) groups excluding carboxylic acids is 1. The number of hydrogen-bond donors (Lipinski definition) is 2. The zero-order valence-corrected chi connectivity index (χ0v) is 12.7. The highest BCUT2D eigenvalue weighted by atomic mass is 19.1. The van der Waals surface area contributed by atoms with Gasteiger partial charge < -0.3 is 10.4 Å². The predicted octanol–water partition coefficient (Wildman–Crippen LogP) is 1.91. The monoisotopic (exact) mass is 326 g/mol. The summed E-state index contributed by atoms with van der Waals surface area (Å²) in [5.74, 6) is -2.88. The van der Waals surface area contributed by atoms with Gasteiger partial charge >= 0.3 is 5.97 Å². The number of carbonyl (C=O) groups is 2. The van der Waals surface area contributed by atoms with Gasteiger partial charge in [0.1, 0.15) is 18.2 Å². The molecule has 7 heteroatoms. The van der Waals surface area contributed by atoms with E-state index in [2.05, 4.69) is 5.32 Å². The Morgan fingerprint density at radius 3 is 2.39 bits per heavy atom. The molecule has 1 amide bonds. The van der Waals surface area contributed by atoms with Crippen LogP contribution in [0.5, 0.6) is 0 Å². The largest absolute Gasteiger partial charge is 0.480 e. The fraction of sp³-hybridized carbons (Fsp3) is 0.500. The molecular formula is C16H20F2N2O3. The van der Waals surface area contributed by atoms with E-state index in [4.69, 9.17) is 5.11 Å². The first-order chi connectivity index (χ1) is 11.0. The summed E-state index contributed by atoms with van der Waals surface area (Å²) in [7, 11) is 0. The number of nitrogens with one attached hydrogen (secondary N) is 1. The molecule has 0 spiro atoms. The highest BCUT2D eigenvalue weighted by Crippen LogP contribution is 2.26. The van der Waals surface area contributed by atoms with Gasteiger partial charge in [0.15, 0.2) is 0 Å². The Bertz CT molecular complexity index is 554. The smallest absolute Gasteiger partial charge is 0.322 e. The normalized spacial score (nSPS) is 15.1. The van der Waals surface area contributed by atoms with Crippen LogP contribution in [0.4, 0.5) is 8.78 Å². The van der Waals surface area contributed by atoms with Crippen LogP contribution in [0.1, 0.15) is 31.2 Å². The molecule has 0 bridgehead atoms. The van der Waals surface area contributed by atoms with E-state index in [0.717, 1.165) is 25.7 Å². The van der Waals surface area contributed by atoms with E-state index in [1.54, 1.807) is 4.90 Å². The molecule has 126 valence electrons. The summed E-state index contributed by atoms with van der Waals surface area (Å²) < 4.78 is 27.7. The molecule has 0 saturated heterocycles. The minimum atomic E-state index is -1.13. The van der Waals surface area contributed by atoms with E-state index in [1.807, 2.05) is 0 Å². The van der Waals surface area contributed by atoms with Crippen molar-refractivity contribution in [3.8, 4) is 0 Å². The van der Waals surface area contributed by atoms with Crippen molar-refractivity contribution < 1.29 is 23.5 Å². The quantitative estimate of drug-likeness (QED) is 0.803. The lowest BCUT2D eigenvalue weighted by Crippen LogP contribution is -2.43. The van der Waals surface area contributed by atoms with Crippen molar-refractivity contribution >= 4 is 11.9 Å². The Hall–Kier alpha value is -2.02. The predicted molar refractivity (Wildman–Crippen MR) is 79.7 cm³/mol. The molecule has 1 aromatic carbocycles. The van der Waals surface area contributed by atoms with Crippen molar-refractivity contribution in [2.45, 2.75) is 38.3 Å².